The highest BCUT2D eigenvalue weighted by atomic mass is 127. The monoisotopic (exact) mass is 550 g/mol. The van der Waals surface area contributed by atoms with E-state index in [0.717, 1.165) is 17.9 Å². The molecule has 0 saturated carbocycles. The zero-order valence-electron chi connectivity index (χ0n) is 19.4. The first-order valence-corrected chi connectivity index (χ1v) is 10.6. The molecule has 1 aromatic carbocycles. The molecule has 31 heavy (non-hydrogen) atoms. The summed E-state index contributed by atoms with van der Waals surface area (Å²) in [4.78, 5) is 16.4. The number of methoxy groups -OCH3 is 1. The Labute approximate surface area is 203 Å². The fourth-order valence-corrected chi connectivity index (χ4v) is 2.46. The van der Waals surface area contributed by atoms with E-state index in [1.54, 1.807) is 7.11 Å². The number of benzene rings is 1. The standard InChI is InChI=1S/C22H38N4O4.HI/c1-17(2)25-21(27)11-13-24-22(23-12-6-14-29-16-15-28-5)26-19-7-9-20(10-8-19)30-18(3)4;/h7-10,17-18H,6,11-16H2,1-5H3,(H,25,27)(H2,23,24,26);1H. The number of anilines is 1. The largest absolute Gasteiger partial charge is 0.491 e. The van der Waals surface area contributed by atoms with E-state index in [1.807, 2.05) is 52.0 Å². The second kappa shape index (κ2) is 18.0. The van der Waals surface area contributed by atoms with Gasteiger partial charge in [0.1, 0.15) is 5.75 Å². The van der Waals surface area contributed by atoms with E-state index >= 15 is 0 Å². The predicted molar refractivity (Wildman–Crippen MR) is 137 cm³/mol. The van der Waals surface area contributed by atoms with Crippen LogP contribution in [-0.2, 0) is 14.3 Å². The molecule has 0 radical (unpaired) electrons. The van der Waals surface area contributed by atoms with Gasteiger partial charge in [-0.25, -0.2) is 0 Å². The molecule has 1 amide bonds. The van der Waals surface area contributed by atoms with Crippen LogP contribution in [-0.4, -0.2) is 64.0 Å². The Balaban J connectivity index is 0.00000900. The summed E-state index contributed by atoms with van der Waals surface area (Å²) in [5, 5.41) is 9.38. The summed E-state index contributed by atoms with van der Waals surface area (Å²) in [5.41, 5.74) is 0.889. The van der Waals surface area contributed by atoms with Crippen LogP contribution in [0.2, 0.25) is 0 Å². The van der Waals surface area contributed by atoms with Crippen LogP contribution in [0.4, 0.5) is 5.69 Å². The number of aliphatic imine (C=N–C) groups is 1. The second-order valence-electron chi connectivity index (χ2n) is 7.40. The van der Waals surface area contributed by atoms with Gasteiger partial charge in [0, 0.05) is 45.0 Å². The number of carbonyl (C=O) groups is 1. The fourth-order valence-electron chi connectivity index (χ4n) is 2.46. The van der Waals surface area contributed by atoms with E-state index in [0.29, 0.717) is 45.3 Å². The summed E-state index contributed by atoms with van der Waals surface area (Å²) in [5.74, 6) is 1.46. The molecular formula is C22H39IN4O4. The highest BCUT2D eigenvalue weighted by molar-refractivity contribution is 14.0. The van der Waals surface area contributed by atoms with E-state index in [1.165, 1.54) is 0 Å². The quantitative estimate of drug-likeness (QED) is 0.142. The summed E-state index contributed by atoms with van der Waals surface area (Å²) in [6.45, 7) is 10.8. The van der Waals surface area contributed by atoms with Crippen LogP contribution < -0.4 is 20.7 Å². The summed E-state index contributed by atoms with van der Waals surface area (Å²) in [6, 6.07) is 7.84. The maximum atomic E-state index is 11.9. The molecule has 0 heterocycles. The number of ether oxygens (including phenoxy) is 3. The van der Waals surface area contributed by atoms with Gasteiger partial charge in [0.05, 0.1) is 19.3 Å². The van der Waals surface area contributed by atoms with Gasteiger partial charge in [0.25, 0.3) is 0 Å². The lowest BCUT2D eigenvalue weighted by Crippen LogP contribution is -2.36. The number of carbonyl (C=O) groups excluding carboxylic acids is 1. The average Bonchev–Trinajstić information content (AvgIpc) is 2.67. The third kappa shape index (κ3) is 15.8. The van der Waals surface area contributed by atoms with E-state index in [9.17, 15) is 4.79 Å². The molecule has 0 spiro atoms. The molecule has 1 rings (SSSR count). The van der Waals surface area contributed by atoms with Crippen LogP contribution in [0.15, 0.2) is 29.3 Å². The maximum Gasteiger partial charge on any atom is 0.221 e. The number of nitrogens with one attached hydrogen (secondary N) is 3. The Hall–Kier alpha value is -1.59. The number of rotatable bonds is 14. The lowest BCUT2D eigenvalue weighted by Gasteiger charge is -2.14. The molecule has 3 N–H and O–H groups in total. The van der Waals surface area contributed by atoms with Crippen LogP contribution >= 0.6 is 24.0 Å². The first-order valence-electron chi connectivity index (χ1n) is 10.6. The van der Waals surface area contributed by atoms with Crippen molar-refractivity contribution in [2.75, 3.05) is 45.3 Å². The summed E-state index contributed by atoms with van der Waals surface area (Å²) >= 11 is 0. The SMILES string of the molecule is COCCOCCCN=C(NCCC(=O)NC(C)C)Nc1ccc(OC(C)C)cc1.I. The van der Waals surface area contributed by atoms with Crippen LogP contribution in [0, 0.1) is 0 Å². The summed E-state index contributed by atoms with van der Waals surface area (Å²) in [7, 11) is 1.65. The number of hydrogen-bond donors (Lipinski definition) is 3. The van der Waals surface area contributed by atoms with Gasteiger partial charge in [-0.2, -0.15) is 0 Å². The molecule has 0 aromatic heterocycles. The first kappa shape index (κ1) is 29.4. The Morgan fingerprint density at radius 3 is 2.39 bits per heavy atom. The van der Waals surface area contributed by atoms with E-state index < -0.39 is 0 Å². The summed E-state index contributed by atoms with van der Waals surface area (Å²) < 4.78 is 16.1. The lowest BCUT2D eigenvalue weighted by atomic mass is 10.3. The van der Waals surface area contributed by atoms with Crippen LogP contribution in [0.25, 0.3) is 0 Å². The molecule has 0 atom stereocenters. The highest BCUT2D eigenvalue weighted by Gasteiger charge is 2.06. The van der Waals surface area contributed by atoms with Crippen LogP contribution in [0.3, 0.4) is 0 Å². The minimum Gasteiger partial charge on any atom is -0.491 e. The van der Waals surface area contributed by atoms with Gasteiger partial charge in [0.2, 0.25) is 5.91 Å². The van der Waals surface area contributed by atoms with E-state index in [2.05, 4.69) is 20.9 Å². The van der Waals surface area contributed by atoms with Gasteiger partial charge in [-0.1, -0.05) is 0 Å². The topological polar surface area (TPSA) is 93.2 Å². The number of guanidine groups is 1. The minimum absolute atomic E-state index is 0. The average molecular weight is 550 g/mol. The van der Waals surface area contributed by atoms with Crippen molar-refractivity contribution in [1.29, 1.82) is 0 Å². The Kier molecular flexibility index (Phi) is 17.1. The normalized spacial score (nSPS) is 11.3. The van der Waals surface area contributed by atoms with Gasteiger partial charge in [-0.3, -0.25) is 9.79 Å². The maximum absolute atomic E-state index is 11.9. The zero-order valence-corrected chi connectivity index (χ0v) is 21.7. The molecule has 0 unspecified atom stereocenters. The molecule has 0 fully saturated rings. The molecule has 0 aliphatic rings. The van der Waals surface area contributed by atoms with Crippen molar-refractivity contribution < 1.29 is 19.0 Å². The Bertz CT molecular complexity index is 624. The number of hydrogen-bond acceptors (Lipinski definition) is 5. The molecule has 8 nitrogen and oxygen atoms in total. The molecule has 0 bridgehead atoms. The number of amides is 1. The predicted octanol–water partition coefficient (Wildman–Crippen LogP) is 3.42. The second-order valence-corrected chi connectivity index (χ2v) is 7.40. The van der Waals surface area contributed by atoms with Gasteiger partial charge in [0.15, 0.2) is 5.96 Å². The number of halogens is 1. The van der Waals surface area contributed by atoms with E-state index in [4.69, 9.17) is 14.2 Å². The third-order valence-corrected chi connectivity index (χ3v) is 3.73. The first-order chi connectivity index (χ1) is 14.4. The number of nitrogens with zero attached hydrogens (tertiary/aromatic N) is 1. The van der Waals surface area contributed by atoms with Crippen molar-refractivity contribution in [1.82, 2.24) is 10.6 Å². The fraction of sp³-hybridized carbons (Fsp3) is 0.636. The van der Waals surface area contributed by atoms with Crippen molar-refractivity contribution in [2.45, 2.75) is 52.7 Å². The molecule has 0 aliphatic carbocycles. The van der Waals surface area contributed by atoms with Gasteiger partial charge in [-0.05, 0) is 58.4 Å². The highest BCUT2D eigenvalue weighted by Crippen LogP contribution is 2.16. The van der Waals surface area contributed by atoms with Crippen molar-refractivity contribution in [3.63, 3.8) is 0 Å². The molecule has 9 heteroatoms. The smallest absolute Gasteiger partial charge is 0.221 e. The molecular weight excluding hydrogens is 511 g/mol. The van der Waals surface area contributed by atoms with Crippen LogP contribution in [0.5, 0.6) is 5.75 Å². The lowest BCUT2D eigenvalue weighted by molar-refractivity contribution is -0.121. The Morgan fingerprint density at radius 2 is 1.77 bits per heavy atom. The third-order valence-electron chi connectivity index (χ3n) is 3.73. The molecule has 0 aliphatic heterocycles. The zero-order chi connectivity index (χ0) is 22.2. The molecule has 1 aromatic rings. The van der Waals surface area contributed by atoms with Crippen molar-refractivity contribution >= 4 is 41.5 Å². The molecule has 0 saturated heterocycles. The molecule has 178 valence electrons. The van der Waals surface area contributed by atoms with Crippen LogP contribution in [0.1, 0.15) is 40.5 Å². The van der Waals surface area contributed by atoms with Gasteiger partial charge in [-0.15, -0.1) is 24.0 Å². The van der Waals surface area contributed by atoms with Crippen molar-refractivity contribution in [3.8, 4) is 5.75 Å². The van der Waals surface area contributed by atoms with Crippen molar-refractivity contribution in [3.05, 3.63) is 24.3 Å². The van der Waals surface area contributed by atoms with E-state index in [-0.39, 0.29) is 42.0 Å². The Morgan fingerprint density at radius 1 is 1.06 bits per heavy atom. The summed E-state index contributed by atoms with van der Waals surface area (Å²) in [6.07, 6.45) is 1.30. The minimum atomic E-state index is 0. The van der Waals surface area contributed by atoms with Gasteiger partial charge < -0.3 is 30.2 Å². The van der Waals surface area contributed by atoms with Gasteiger partial charge >= 0.3 is 0 Å². The van der Waals surface area contributed by atoms with Crippen molar-refractivity contribution in [2.24, 2.45) is 4.99 Å².